The molecule has 0 unspecified atom stereocenters. The Labute approximate surface area is 207 Å². The third-order valence-electron chi connectivity index (χ3n) is 5.36. The normalized spacial score (nSPS) is 15.3. The van der Waals surface area contributed by atoms with Crippen molar-refractivity contribution in [2.24, 2.45) is 0 Å². The van der Waals surface area contributed by atoms with Crippen LogP contribution >= 0.6 is 11.3 Å². The van der Waals surface area contributed by atoms with Gasteiger partial charge in [0.15, 0.2) is 5.57 Å². The number of rotatable bonds is 9. The smallest absolute Gasteiger partial charge is 0.351 e. The van der Waals surface area contributed by atoms with Crippen LogP contribution in [0.1, 0.15) is 24.2 Å². The van der Waals surface area contributed by atoms with Gasteiger partial charge >= 0.3 is 5.97 Å². The summed E-state index contributed by atoms with van der Waals surface area (Å²) in [5.74, 6) is -0.905. The van der Waals surface area contributed by atoms with E-state index in [-0.39, 0.29) is 28.3 Å². The van der Waals surface area contributed by atoms with Crippen LogP contribution in [0.2, 0.25) is 0 Å². The van der Waals surface area contributed by atoms with E-state index in [2.05, 4.69) is 15.5 Å². The summed E-state index contributed by atoms with van der Waals surface area (Å²) in [6.07, 6.45) is 1.53. The van der Waals surface area contributed by atoms with Gasteiger partial charge in [0.25, 0.3) is 11.5 Å². The lowest BCUT2D eigenvalue weighted by Crippen LogP contribution is -2.41. The average molecular weight is 500 g/mol. The molecule has 2 heterocycles. The lowest BCUT2D eigenvalue weighted by molar-refractivity contribution is -0.136. The first-order valence-electron chi connectivity index (χ1n) is 11.4. The fourth-order valence-electron chi connectivity index (χ4n) is 3.50. The number of aromatic nitrogens is 1. The SMILES string of the molecule is CCOC(=O)/C(C#N)=c1\s/c(=C/Nc2ccc(C(=O)NCCN3CCOCC3)cc2)c(=O)n1CC. The van der Waals surface area contributed by atoms with Gasteiger partial charge in [-0.05, 0) is 38.1 Å². The van der Waals surface area contributed by atoms with Crippen LogP contribution in [-0.4, -0.2) is 67.3 Å². The predicted octanol–water partition coefficient (Wildman–Crippen LogP) is 0.0792. The molecule has 0 aliphatic carbocycles. The molecule has 186 valence electrons. The zero-order valence-corrected chi connectivity index (χ0v) is 20.7. The molecule has 2 N–H and O–H groups in total. The lowest BCUT2D eigenvalue weighted by atomic mass is 10.2. The minimum absolute atomic E-state index is 0.133. The number of ether oxygens (including phenoxy) is 2. The number of hydrogen-bond acceptors (Lipinski definition) is 9. The Morgan fingerprint density at radius 1 is 1.23 bits per heavy atom. The van der Waals surface area contributed by atoms with Gasteiger partial charge in [0.1, 0.15) is 15.3 Å². The van der Waals surface area contributed by atoms with Crippen molar-refractivity contribution in [2.45, 2.75) is 20.4 Å². The Kier molecular flexibility index (Phi) is 9.60. The summed E-state index contributed by atoms with van der Waals surface area (Å²) in [6.45, 7) is 8.39. The minimum Gasteiger partial charge on any atom is -0.462 e. The molecule has 11 heteroatoms. The average Bonchev–Trinajstić information content (AvgIpc) is 3.19. The zero-order valence-electron chi connectivity index (χ0n) is 19.8. The summed E-state index contributed by atoms with van der Waals surface area (Å²) in [5, 5.41) is 15.4. The van der Waals surface area contributed by atoms with Crippen molar-refractivity contribution in [2.75, 3.05) is 51.3 Å². The van der Waals surface area contributed by atoms with Gasteiger partial charge in [0.05, 0.1) is 19.8 Å². The quantitative estimate of drug-likeness (QED) is 0.465. The molecule has 0 atom stereocenters. The van der Waals surface area contributed by atoms with E-state index in [1.165, 1.54) is 10.8 Å². The number of morpholine rings is 1. The largest absolute Gasteiger partial charge is 0.462 e. The molecule has 0 saturated carbocycles. The second-order valence-electron chi connectivity index (χ2n) is 7.60. The molecule has 3 rings (SSSR count). The number of nitrogens with zero attached hydrogens (tertiary/aromatic N) is 3. The molecular formula is C24H29N5O5S. The summed E-state index contributed by atoms with van der Waals surface area (Å²) in [4.78, 5) is 39.5. The number of carbonyl (C=O) groups is 2. The highest BCUT2D eigenvalue weighted by atomic mass is 32.1. The van der Waals surface area contributed by atoms with Gasteiger partial charge in [0.2, 0.25) is 0 Å². The molecule has 1 fully saturated rings. The van der Waals surface area contributed by atoms with Gasteiger partial charge in [-0.25, -0.2) is 4.79 Å². The summed E-state index contributed by atoms with van der Waals surface area (Å²) < 4.78 is 12.2. The van der Waals surface area contributed by atoms with Crippen LogP contribution < -0.4 is 25.4 Å². The number of carbonyl (C=O) groups excluding carboxylic acids is 2. The first kappa shape index (κ1) is 26.2. The fraction of sp³-hybridized carbons (Fsp3) is 0.417. The Bertz CT molecular complexity index is 1250. The maximum atomic E-state index is 12.8. The first-order valence-corrected chi connectivity index (χ1v) is 12.3. The number of esters is 1. The number of amides is 1. The van der Waals surface area contributed by atoms with Crippen LogP contribution in [0.3, 0.4) is 0 Å². The zero-order chi connectivity index (χ0) is 25.2. The van der Waals surface area contributed by atoms with E-state index in [0.717, 1.165) is 44.2 Å². The number of thiazole rings is 1. The summed E-state index contributed by atoms with van der Waals surface area (Å²) in [5.41, 5.74) is 0.710. The van der Waals surface area contributed by atoms with E-state index in [0.29, 0.717) is 28.9 Å². The topological polar surface area (TPSA) is 126 Å². The second kappa shape index (κ2) is 12.9. The maximum absolute atomic E-state index is 12.8. The van der Waals surface area contributed by atoms with E-state index in [4.69, 9.17) is 9.47 Å². The molecule has 1 saturated heterocycles. The predicted molar refractivity (Wildman–Crippen MR) is 133 cm³/mol. The molecule has 2 aromatic rings. The number of anilines is 1. The number of benzene rings is 1. The molecule has 1 amide bonds. The van der Waals surface area contributed by atoms with E-state index in [1.54, 1.807) is 38.1 Å². The molecule has 1 aliphatic heterocycles. The third-order valence-corrected chi connectivity index (χ3v) is 6.49. The highest BCUT2D eigenvalue weighted by Crippen LogP contribution is 2.09. The highest BCUT2D eigenvalue weighted by Gasteiger charge is 2.16. The van der Waals surface area contributed by atoms with Crippen molar-refractivity contribution < 1.29 is 19.1 Å². The summed E-state index contributed by atoms with van der Waals surface area (Å²) >= 11 is 1.04. The molecule has 0 radical (unpaired) electrons. The Hall–Kier alpha value is -3.46. The molecule has 35 heavy (non-hydrogen) atoms. The molecule has 1 aromatic carbocycles. The fourth-order valence-corrected chi connectivity index (χ4v) is 4.57. The van der Waals surface area contributed by atoms with E-state index in [9.17, 15) is 19.6 Å². The van der Waals surface area contributed by atoms with Crippen molar-refractivity contribution in [3.05, 3.63) is 49.4 Å². The molecule has 0 spiro atoms. The van der Waals surface area contributed by atoms with Crippen molar-refractivity contribution in [1.82, 2.24) is 14.8 Å². The standard InChI is InChI=1S/C24H29N5O5S/c1-3-29-22(31)20(35-23(29)19(15-25)24(32)34-4-2)16-27-18-7-5-17(6-8-18)21(30)26-9-10-28-11-13-33-14-12-28/h5-8,16,27H,3-4,9-14H2,1-2H3,(H,26,30)/b20-16+,23-19-. The van der Waals surface area contributed by atoms with E-state index < -0.39 is 5.97 Å². The lowest BCUT2D eigenvalue weighted by Gasteiger charge is -2.26. The van der Waals surface area contributed by atoms with Crippen LogP contribution in [-0.2, 0) is 20.8 Å². The van der Waals surface area contributed by atoms with Crippen LogP contribution in [0, 0.1) is 11.3 Å². The molecule has 1 aliphatic rings. The maximum Gasteiger partial charge on any atom is 0.351 e. The van der Waals surface area contributed by atoms with Gasteiger partial charge in [-0.2, -0.15) is 5.26 Å². The highest BCUT2D eigenvalue weighted by molar-refractivity contribution is 7.07. The van der Waals surface area contributed by atoms with Gasteiger partial charge in [-0.1, -0.05) is 0 Å². The summed E-state index contributed by atoms with van der Waals surface area (Å²) in [7, 11) is 0. The van der Waals surface area contributed by atoms with Crippen molar-refractivity contribution >= 4 is 40.7 Å². The third kappa shape index (κ3) is 6.79. The van der Waals surface area contributed by atoms with Gasteiger partial charge in [0, 0.05) is 50.2 Å². The minimum atomic E-state index is -0.753. The van der Waals surface area contributed by atoms with Crippen LogP contribution in [0.25, 0.3) is 11.8 Å². The van der Waals surface area contributed by atoms with E-state index >= 15 is 0 Å². The monoisotopic (exact) mass is 499 g/mol. The molecule has 1 aromatic heterocycles. The van der Waals surface area contributed by atoms with Crippen LogP contribution in [0.4, 0.5) is 5.69 Å². The van der Waals surface area contributed by atoms with E-state index in [1.807, 2.05) is 6.07 Å². The number of hydrogen-bond donors (Lipinski definition) is 2. The molecular weight excluding hydrogens is 470 g/mol. The number of nitriles is 1. The van der Waals surface area contributed by atoms with Crippen molar-refractivity contribution in [3.8, 4) is 6.07 Å². The Morgan fingerprint density at radius 2 is 1.94 bits per heavy atom. The molecule has 0 bridgehead atoms. The Morgan fingerprint density at radius 3 is 2.57 bits per heavy atom. The molecule has 10 nitrogen and oxygen atoms in total. The second-order valence-corrected chi connectivity index (χ2v) is 8.63. The number of nitrogens with one attached hydrogen (secondary N) is 2. The van der Waals surface area contributed by atoms with Gasteiger partial charge in [-0.3, -0.25) is 19.1 Å². The van der Waals surface area contributed by atoms with Crippen LogP contribution in [0.15, 0.2) is 29.1 Å². The van der Waals surface area contributed by atoms with Gasteiger partial charge < -0.3 is 20.1 Å². The van der Waals surface area contributed by atoms with Crippen molar-refractivity contribution in [1.29, 1.82) is 5.26 Å². The van der Waals surface area contributed by atoms with Crippen molar-refractivity contribution in [3.63, 3.8) is 0 Å². The van der Waals surface area contributed by atoms with Crippen LogP contribution in [0.5, 0.6) is 0 Å². The Balaban J connectivity index is 1.69. The van der Waals surface area contributed by atoms with Gasteiger partial charge in [-0.15, -0.1) is 11.3 Å². The first-order chi connectivity index (χ1) is 17.0. The summed E-state index contributed by atoms with van der Waals surface area (Å²) in [6, 6.07) is 8.74.